The lowest BCUT2D eigenvalue weighted by Crippen LogP contribution is -2.35. The van der Waals surface area contributed by atoms with E-state index in [9.17, 15) is 4.79 Å². The van der Waals surface area contributed by atoms with Crippen molar-refractivity contribution in [2.45, 2.75) is 51.5 Å². The topological polar surface area (TPSA) is 38.8 Å². The van der Waals surface area contributed by atoms with Gasteiger partial charge in [-0.1, -0.05) is 63.1 Å². The van der Waals surface area contributed by atoms with E-state index in [1.165, 1.54) is 0 Å². The lowest BCUT2D eigenvalue weighted by molar-refractivity contribution is -0.136. The second-order valence-corrected chi connectivity index (χ2v) is 8.87. The Balaban J connectivity index is 1.73. The Morgan fingerprint density at radius 1 is 1.17 bits per heavy atom. The fourth-order valence-corrected chi connectivity index (χ4v) is 5.11. The highest BCUT2D eigenvalue weighted by molar-refractivity contribution is 7.99. The standard InChI is InChI=1S/C25H33NO3S/c1-4-6-12-20(5-2)24(27)26-15-16-30-25(26)21-13-14-22(23(17-21)28-3)29-18-19-10-8-7-9-11-19/h7-11,13-14,17,20,25H,4-6,12,15-16,18H2,1-3H3/t20-,25-/m1/s1. The normalized spacial score (nSPS) is 17.0. The van der Waals surface area contributed by atoms with Gasteiger partial charge in [-0.15, -0.1) is 11.8 Å². The summed E-state index contributed by atoms with van der Waals surface area (Å²) in [5.41, 5.74) is 2.21. The number of rotatable bonds is 10. The van der Waals surface area contributed by atoms with E-state index in [0.29, 0.717) is 18.3 Å². The van der Waals surface area contributed by atoms with Gasteiger partial charge in [0.2, 0.25) is 5.91 Å². The SMILES string of the molecule is CCCC[C@@H](CC)C(=O)N1CCS[C@@H]1c1ccc(OCc2ccccc2)c(OC)c1. The molecule has 1 fully saturated rings. The first-order chi connectivity index (χ1) is 14.7. The molecule has 0 bridgehead atoms. The second kappa shape index (κ2) is 11.3. The lowest BCUT2D eigenvalue weighted by Gasteiger charge is -2.28. The first kappa shape index (κ1) is 22.5. The van der Waals surface area contributed by atoms with E-state index in [2.05, 4.69) is 24.8 Å². The minimum atomic E-state index is 0.0465. The Morgan fingerprint density at radius 2 is 1.97 bits per heavy atom. The summed E-state index contributed by atoms with van der Waals surface area (Å²) in [6.45, 7) is 5.61. The van der Waals surface area contributed by atoms with Crippen molar-refractivity contribution in [2.24, 2.45) is 5.92 Å². The zero-order valence-corrected chi connectivity index (χ0v) is 19.1. The van der Waals surface area contributed by atoms with Gasteiger partial charge in [0, 0.05) is 18.2 Å². The third-order valence-corrected chi connectivity index (χ3v) is 6.89. The number of carbonyl (C=O) groups excluding carboxylic acids is 1. The molecule has 0 aliphatic carbocycles. The Morgan fingerprint density at radius 3 is 2.67 bits per heavy atom. The Hall–Kier alpha value is -2.14. The van der Waals surface area contributed by atoms with Crippen LogP contribution in [0.5, 0.6) is 11.5 Å². The van der Waals surface area contributed by atoms with Crippen molar-refractivity contribution in [3.05, 3.63) is 59.7 Å². The largest absolute Gasteiger partial charge is 0.493 e. The Kier molecular flexibility index (Phi) is 8.50. The van der Waals surface area contributed by atoms with Gasteiger partial charge in [-0.25, -0.2) is 0 Å². The molecule has 1 heterocycles. The van der Waals surface area contributed by atoms with Crippen LogP contribution in [0.3, 0.4) is 0 Å². The number of carbonyl (C=O) groups is 1. The van der Waals surface area contributed by atoms with Gasteiger partial charge in [0.15, 0.2) is 11.5 Å². The molecule has 0 N–H and O–H groups in total. The summed E-state index contributed by atoms with van der Waals surface area (Å²) in [6.07, 6.45) is 4.12. The van der Waals surface area contributed by atoms with Gasteiger partial charge < -0.3 is 14.4 Å². The number of unbranched alkanes of at least 4 members (excludes halogenated alkanes) is 1. The molecule has 3 rings (SSSR count). The van der Waals surface area contributed by atoms with Crippen molar-refractivity contribution in [2.75, 3.05) is 19.4 Å². The van der Waals surface area contributed by atoms with Gasteiger partial charge in [-0.3, -0.25) is 4.79 Å². The molecule has 4 nitrogen and oxygen atoms in total. The quantitative estimate of drug-likeness (QED) is 0.462. The fourth-order valence-electron chi connectivity index (χ4n) is 3.85. The van der Waals surface area contributed by atoms with Crippen LogP contribution in [0.25, 0.3) is 0 Å². The molecule has 2 aromatic rings. The number of benzene rings is 2. The maximum atomic E-state index is 13.2. The summed E-state index contributed by atoms with van der Waals surface area (Å²) in [4.78, 5) is 15.3. The molecule has 0 unspecified atom stereocenters. The average molecular weight is 428 g/mol. The van der Waals surface area contributed by atoms with E-state index in [0.717, 1.165) is 54.9 Å². The molecule has 0 spiro atoms. The van der Waals surface area contributed by atoms with Gasteiger partial charge in [0.25, 0.3) is 0 Å². The molecule has 2 atom stereocenters. The van der Waals surface area contributed by atoms with E-state index in [1.807, 2.05) is 54.2 Å². The third-order valence-electron chi connectivity index (χ3n) is 5.63. The molecule has 30 heavy (non-hydrogen) atoms. The molecule has 1 amide bonds. The predicted octanol–water partition coefficient (Wildman–Crippen LogP) is 6.06. The average Bonchev–Trinajstić information content (AvgIpc) is 3.28. The monoisotopic (exact) mass is 427 g/mol. The van der Waals surface area contributed by atoms with Gasteiger partial charge in [-0.2, -0.15) is 0 Å². The number of ether oxygens (including phenoxy) is 2. The maximum absolute atomic E-state index is 13.2. The van der Waals surface area contributed by atoms with Crippen molar-refractivity contribution in [3.8, 4) is 11.5 Å². The Labute approximate surface area is 184 Å². The van der Waals surface area contributed by atoms with E-state index < -0.39 is 0 Å². The molecule has 0 aromatic heterocycles. The second-order valence-electron chi connectivity index (χ2n) is 7.69. The number of nitrogens with zero attached hydrogens (tertiary/aromatic N) is 1. The van der Waals surface area contributed by atoms with Crippen LogP contribution in [0.2, 0.25) is 0 Å². The molecule has 1 aliphatic heterocycles. The molecule has 2 aromatic carbocycles. The van der Waals surface area contributed by atoms with E-state index in [4.69, 9.17) is 9.47 Å². The van der Waals surface area contributed by atoms with Crippen LogP contribution in [0.15, 0.2) is 48.5 Å². The third kappa shape index (κ3) is 5.51. The molecule has 1 saturated heterocycles. The Bertz CT molecular complexity index is 811. The van der Waals surface area contributed by atoms with Crippen molar-refractivity contribution in [3.63, 3.8) is 0 Å². The van der Waals surface area contributed by atoms with Crippen LogP contribution in [0.4, 0.5) is 0 Å². The highest BCUT2D eigenvalue weighted by Crippen LogP contribution is 2.42. The van der Waals surface area contributed by atoms with Gasteiger partial charge >= 0.3 is 0 Å². The number of methoxy groups -OCH3 is 1. The summed E-state index contributed by atoms with van der Waals surface area (Å²) in [5, 5.41) is 0.0465. The summed E-state index contributed by atoms with van der Waals surface area (Å²) in [7, 11) is 1.66. The van der Waals surface area contributed by atoms with Crippen LogP contribution in [-0.4, -0.2) is 30.2 Å². The number of hydrogen-bond donors (Lipinski definition) is 0. The summed E-state index contributed by atoms with van der Waals surface area (Å²) >= 11 is 1.83. The highest BCUT2D eigenvalue weighted by Gasteiger charge is 2.34. The smallest absolute Gasteiger partial charge is 0.226 e. The fraction of sp³-hybridized carbons (Fsp3) is 0.480. The minimum Gasteiger partial charge on any atom is -0.493 e. The molecule has 5 heteroatoms. The van der Waals surface area contributed by atoms with E-state index in [-0.39, 0.29) is 11.3 Å². The van der Waals surface area contributed by atoms with Crippen LogP contribution < -0.4 is 9.47 Å². The molecular weight excluding hydrogens is 394 g/mol. The summed E-state index contributed by atoms with van der Waals surface area (Å²) in [5.74, 6) is 2.82. The summed E-state index contributed by atoms with van der Waals surface area (Å²) < 4.78 is 11.6. The van der Waals surface area contributed by atoms with Gasteiger partial charge in [0.05, 0.1) is 7.11 Å². The van der Waals surface area contributed by atoms with Crippen molar-refractivity contribution in [1.82, 2.24) is 4.90 Å². The molecular formula is C25H33NO3S. The first-order valence-electron chi connectivity index (χ1n) is 10.9. The van der Waals surface area contributed by atoms with Gasteiger partial charge in [-0.05, 0) is 36.1 Å². The zero-order valence-electron chi connectivity index (χ0n) is 18.3. The van der Waals surface area contributed by atoms with Crippen LogP contribution in [0.1, 0.15) is 56.0 Å². The highest BCUT2D eigenvalue weighted by atomic mass is 32.2. The maximum Gasteiger partial charge on any atom is 0.226 e. The number of amides is 1. The number of thioether (sulfide) groups is 1. The first-order valence-corrected chi connectivity index (χ1v) is 12.0. The van der Waals surface area contributed by atoms with E-state index in [1.54, 1.807) is 7.11 Å². The van der Waals surface area contributed by atoms with Crippen LogP contribution in [-0.2, 0) is 11.4 Å². The lowest BCUT2D eigenvalue weighted by atomic mass is 9.97. The van der Waals surface area contributed by atoms with Crippen molar-refractivity contribution >= 4 is 17.7 Å². The van der Waals surface area contributed by atoms with Crippen LogP contribution in [0, 0.1) is 5.92 Å². The molecule has 0 radical (unpaired) electrons. The molecule has 0 saturated carbocycles. The predicted molar refractivity (Wildman–Crippen MR) is 124 cm³/mol. The van der Waals surface area contributed by atoms with Crippen LogP contribution >= 0.6 is 11.8 Å². The number of hydrogen-bond acceptors (Lipinski definition) is 4. The molecule has 162 valence electrons. The minimum absolute atomic E-state index is 0.0465. The van der Waals surface area contributed by atoms with Crippen molar-refractivity contribution < 1.29 is 14.3 Å². The zero-order chi connectivity index (χ0) is 21.3. The van der Waals surface area contributed by atoms with Crippen molar-refractivity contribution in [1.29, 1.82) is 0 Å². The van der Waals surface area contributed by atoms with Gasteiger partial charge in [0.1, 0.15) is 12.0 Å². The summed E-state index contributed by atoms with van der Waals surface area (Å²) in [6, 6.07) is 16.2. The molecule has 1 aliphatic rings. The van der Waals surface area contributed by atoms with E-state index >= 15 is 0 Å².